The third kappa shape index (κ3) is 2.27. The van der Waals surface area contributed by atoms with Crippen molar-refractivity contribution in [3.63, 3.8) is 0 Å². The van der Waals surface area contributed by atoms with E-state index in [0.717, 1.165) is 13.1 Å². The van der Waals surface area contributed by atoms with Gasteiger partial charge in [-0.05, 0) is 34.6 Å². The summed E-state index contributed by atoms with van der Waals surface area (Å²) in [5, 5.41) is 0. The molecule has 1 fully saturated rings. The molecule has 82 valence electrons. The fourth-order valence-electron chi connectivity index (χ4n) is 2.12. The molecule has 0 bridgehead atoms. The number of carbonyl (C=O) groups excluding carboxylic acids is 1. The first-order chi connectivity index (χ1) is 6.36. The second-order valence-corrected chi connectivity index (χ2v) is 5.08. The van der Waals surface area contributed by atoms with E-state index in [-0.39, 0.29) is 11.4 Å². The molecule has 0 unspecified atom stereocenters. The lowest BCUT2D eigenvalue weighted by Crippen LogP contribution is -2.60. The van der Waals surface area contributed by atoms with E-state index in [9.17, 15) is 4.79 Å². The Kier molecular flexibility index (Phi) is 3.20. The molecule has 1 aliphatic heterocycles. The van der Waals surface area contributed by atoms with Crippen LogP contribution in [0.1, 0.15) is 34.6 Å². The topological polar surface area (TPSA) is 23.6 Å². The maximum absolute atomic E-state index is 11.7. The van der Waals surface area contributed by atoms with Crippen molar-refractivity contribution in [3.8, 4) is 0 Å². The molecule has 0 N–H and O–H groups in total. The highest BCUT2D eigenvalue weighted by Gasteiger charge is 2.34. The molecule has 1 atom stereocenters. The fraction of sp³-hybridized carbons (Fsp3) is 0.909. The molecule has 1 heterocycles. The van der Waals surface area contributed by atoms with Gasteiger partial charge >= 0.3 is 0 Å². The molecule has 0 radical (unpaired) electrons. The van der Waals surface area contributed by atoms with Crippen LogP contribution in [0.3, 0.4) is 0 Å². The van der Waals surface area contributed by atoms with Gasteiger partial charge in [0.1, 0.15) is 0 Å². The Morgan fingerprint density at radius 2 is 2.00 bits per heavy atom. The van der Waals surface area contributed by atoms with Crippen molar-refractivity contribution in [2.75, 3.05) is 19.6 Å². The number of rotatable bonds is 1. The van der Waals surface area contributed by atoms with Crippen molar-refractivity contribution in [1.82, 2.24) is 9.80 Å². The number of hydrogen-bond acceptors (Lipinski definition) is 2. The predicted octanol–water partition coefficient (Wildman–Crippen LogP) is 1.34. The average Bonchev–Trinajstić information content (AvgIpc) is 2.06. The molecule has 1 rings (SSSR count). The quantitative estimate of drug-likeness (QED) is 0.635. The van der Waals surface area contributed by atoms with Crippen LogP contribution in [0.25, 0.3) is 0 Å². The second kappa shape index (κ2) is 3.89. The van der Waals surface area contributed by atoms with E-state index in [4.69, 9.17) is 0 Å². The minimum Gasteiger partial charge on any atom is -0.340 e. The Hall–Kier alpha value is -0.570. The van der Waals surface area contributed by atoms with Crippen molar-refractivity contribution in [1.29, 1.82) is 0 Å². The Balaban J connectivity index is 2.72. The lowest BCUT2D eigenvalue weighted by Gasteiger charge is -2.46. The van der Waals surface area contributed by atoms with Gasteiger partial charge in [0.25, 0.3) is 0 Å². The lowest BCUT2D eigenvalue weighted by atomic mass is 10.0. The molecular formula is C11H22N2O. The van der Waals surface area contributed by atoms with Crippen LogP contribution in [0.4, 0.5) is 0 Å². The Labute approximate surface area is 87.1 Å². The van der Waals surface area contributed by atoms with Crippen molar-refractivity contribution < 1.29 is 4.79 Å². The lowest BCUT2D eigenvalue weighted by molar-refractivity contribution is -0.141. The molecule has 0 aromatic rings. The molecule has 3 heteroatoms. The van der Waals surface area contributed by atoms with Gasteiger partial charge in [-0.25, -0.2) is 0 Å². The van der Waals surface area contributed by atoms with Gasteiger partial charge in [0.15, 0.2) is 0 Å². The number of likely N-dealkylation sites (N-methyl/N-ethyl adjacent to an activating group) is 1. The van der Waals surface area contributed by atoms with Crippen LogP contribution >= 0.6 is 0 Å². The molecule has 0 spiro atoms. The molecule has 0 aliphatic carbocycles. The minimum atomic E-state index is 0.0922. The third-order valence-corrected chi connectivity index (χ3v) is 2.92. The van der Waals surface area contributed by atoms with Crippen LogP contribution < -0.4 is 0 Å². The zero-order valence-electron chi connectivity index (χ0n) is 10.0. The molecular weight excluding hydrogens is 176 g/mol. The zero-order chi connectivity index (χ0) is 10.9. The third-order valence-electron chi connectivity index (χ3n) is 2.92. The summed E-state index contributed by atoms with van der Waals surface area (Å²) in [4.78, 5) is 15.9. The molecule has 1 saturated heterocycles. The van der Waals surface area contributed by atoms with Gasteiger partial charge in [0.05, 0.1) is 6.54 Å². The monoisotopic (exact) mass is 198 g/mol. The Morgan fingerprint density at radius 3 is 2.43 bits per heavy atom. The van der Waals surface area contributed by atoms with Gasteiger partial charge in [-0.1, -0.05) is 0 Å². The number of hydrogen-bond donors (Lipinski definition) is 0. The van der Waals surface area contributed by atoms with Gasteiger partial charge in [0, 0.05) is 24.7 Å². The van der Waals surface area contributed by atoms with Crippen molar-refractivity contribution in [3.05, 3.63) is 0 Å². The van der Waals surface area contributed by atoms with Crippen LogP contribution in [-0.2, 0) is 4.79 Å². The summed E-state index contributed by atoms with van der Waals surface area (Å²) in [5.41, 5.74) is 0.0922. The summed E-state index contributed by atoms with van der Waals surface area (Å²) in [5.74, 6) is 0.264. The van der Waals surface area contributed by atoms with Crippen LogP contribution in [0.15, 0.2) is 0 Å². The first kappa shape index (κ1) is 11.5. The Bertz CT molecular complexity index is 220. The highest BCUT2D eigenvalue weighted by molar-refractivity contribution is 5.79. The van der Waals surface area contributed by atoms with Crippen LogP contribution in [0.5, 0.6) is 0 Å². The summed E-state index contributed by atoms with van der Waals surface area (Å²) < 4.78 is 0. The summed E-state index contributed by atoms with van der Waals surface area (Å²) in [6.45, 7) is 13.0. The number of carbonyl (C=O) groups is 1. The SMILES string of the molecule is CCN1C[C@H](C)N(C(C)(C)C)CC1=O. The largest absolute Gasteiger partial charge is 0.340 e. The molecule has 1 amide bonds. The van der Waals surface area contributed by atoms with E-state index in [2.05, 4.69) is 32.6 Å². The van der Waals surface area contributed by atoms with Gasteiger partial charge in [-0.3, -0.25) is 9.69 Å². The molecule has 3 nitrogen and oxygen atoms in total. The van der Waals surface area contributed by atoms with Crippen molar-refractivity contribution in [2.24, 2.45) is 0 Å². The highest BCUT2D eigenvalue weighted by Crippen LogP contribution is 2.21. The maximum atomic E-state index is 11.7. The van der Waals surface area contributed by atoms with Crippen molar-refractivity contribution in [2.45, 2.75) is 46.2 Å². The summed E-state index contributed by atoms with van der Waals surface area (Å²) in [6.07, 6.45) is 0. The van der Waals surface area contributed by atoms with Crippen LogP contribution in [0, 0.1) is 0 Å². The first-order valence-corrected chi connectivity index (χ1v) is 5.40. The van der Waals surface area contributed by atoms with E-state index in [0.29, 0.717) is 12.6 Å². The second-order valence-electron chi connectivity index (χ2n) is 5.08. The molecule has 0 aromatic heterocycles. The minimum absolute atomic E-state index is 0.0922. The molecule has 14 heavy (non-hydrogen) atoms. The summed E-state index contributed by atoms with van der Waals surface area (Å²) in [6, 6.07) is 0.465. The van der Waals surface area contributed by atoms with Gasteiger partial charge in [-0.2, -0.15) is 0 Å². The van der Waals surface area contributed by atoms with Gasteiger partial charge < -0.3 is 4.90 Å². The van der Waals surface area contributed by atoms with E-state index in [1.165, 1.54) is 0 Å². The van der Waals surface area contributed by atoms with Crippen molar-refractivity contribution >= 4 is 5.91 Å². The fourth-order valence-corrected chi connectivity index (χ4v) is 2.12. The molecule has 0 aromatic carbocycles. The standard InChI is InChI=1S/C11H22N2O/c1-6-12-7-9(2)13(8-10(12)14)11(3,4)5/h9H,6-8H2,1-5H3/t9-/m0/s1. The van der Waals surface area contributed by atoms with E-state index >= 15 is 0 Å². The summed E-state index contributed by atoms with van der Waals surface area (Å²) >= 11 is 0. The maximum Gasteiger partial charge on any atom is 0.236 e. The van der Waals surface area contributed by atoms with Crippen LogP contribution in [-0.4, -0.2) is 46.9 Å². The predicted molar refractivity (Wildman–Crippen MR) is 58.2 cm³/mol. The number of nitrogens with zero attached hydrogens (tertiary/aromatic N) is 2. The highest BCUT2D eigenvalue weighted by atomic mass is 16.2. The van der Waals surface area contributed by atoms with Gasteiger partial charge in [0.2, 0.25) is 5.91 Å². The summed E-state index contributed by atoms with van der Waals surface area (Å²) in [7, 11) is 0. The van der Waals surface area contributed by atoms with Gasteiger partial charge in [-0.15, -0.1) is 0 Å². The smallest absolute Gasteiger partial charge is 0.236 e. The number of piperazine rings is 1. The van der Waals surface area contributed by atoms with E-state index < -0.39 is 0 Å². The normalized spacial score (nSPS) is 25.6. The molecule has 0 saturated carbocycles. The Morgan fingerprint density at radius 1 is 1.43 bits per heavy atom. The average molecular weight is 198 g/mol. The number of amides is 1. The van der Waals surface area contributed by atoms with E-state index in [1.807, 2.05) is 11.8 Å². The van der Waals surface area contributed by atoms with E-state index in [1.54, 1.807) is 0 Å². The van der Waals surface area contributed by atoms with Crippen LogP contribution in [0.2, 0.25) is 0 Å². The zero-order valence-corrected chi connectivity index (χ0v) is 10.0. The first-order valence-electron chi connectivity index (χ1n) is 5.40. The molecule has 1 aliphatic rings.